The number of hydrogen-bond acceptors (Lipinski definition) is 3. The highest BCUT2D eigenvalue weighted by Gasteiger charge is 2.35. The fourth-order valence-electron chi connectivity index (χ4n) is 2.58. The van der Waals surface area contributed by atoms with Crippen LogP contribution in [0.3, 0.4) is 0 Å². The predicted molar refractivity (Wildman–Crippen MR) is 77.7 cm³/mol. The number of amides is 1. The van der Waals surface area contributed by atoms with Crippen molar-refractivity contribution in [1.82, 2.24) is 10.3 Å². The Morgan fingerprint density at radius 3 is 2.84 bits per heavy atom. The molecule has 1 saturated carbocycles. The quantitative estimate of drug-likeness (QED) is 0.895. The van der Waals surface area contributed by atoms with Crippen LogP contribution in [0.2, 0.25) is 5.02 Å². The van der Waals surface area contributed by atoms with Crippen LogP contribution >= 0.6 is 11.6 Å². The summed E-state index contributed by atoms with van der Waals surface area (Å²) in [6, 6.07) is 1.89. The van der Waals surface area contributed by atoms with E-state index in [1.807, 2.05) is 0 Å². The average Bonchev–Trinajstić information content (AvgIpc) is 2.69. The first-order valence-corrected chi connectivity index (χ1v) is 6.96. The van der Waals surface area contributed by atoms with E-state index in [1.165, 1.54) is 6.20 Å². The van der Waals surface area contributed by atoms with Gasteiger partial charge in [-0.25, -0.2) is 4.98 Å². The number of carbonyl (C=O) groups is 1. The Kier molecular flexibility index (Phi) is 3.99. The number of aromatic nitrogens is 1. The molecule has 5 heteroatoms. The van der Waals surface area contributed by atoms with Crippen LogP contribution in [-0.4, -0.2) is 24.0 Å². The number of carbonyl (C=O) groups excluding carboxylic acids is 1. The summed E-state index contributed by atoms with van der Waals surface area (Å²) in [5, 5.41) is 6.39. The van der Waals surface area contributed by atoms with Crippen molar-refractivity contribution in [3.63, 3.8) is 0 Å². The third kappa shape index (κ3) is 3.00. The highest BCUT2D eigenvalue weighted by molar-refractivity contribution is 6.33. The first-order chi connectivity index (χ1) is 8.94. The van der Waals surface area contributed by atoms with Gasteiger partial charge in [-0.3, -0.25) is 4.79 Å². The first-order valence-electron chi connectivity index (χ1n) is 6.58. The van der Waals surface area contributed by atoms with Crippen LogP contribution in [0.5, 0.6) is 0 Å². The fraction of sp³-hybridized carbons (Fsp3) is 0.571. The molecule has 0 saturated heterocycles. The molecular formula is C14H20ClN3O. The molecule has 1 amide bonds. The van der Waals surface area contributed by atoms with Gasteiger partial charge in [0.2, 0.25) is 0 Å². The third-order valence-corrected chi connectivity index (χ3v) is 4.22. The van der Waals surface area contributed by atoms with Crippen molar-refractivity contribution in [3.05, 3.63) is 22.8 Å². The third-order valence-electron chi connectivity index (χ3n) is 3.92. The van der Waals surface area contributed by atoms with Crippen molar-refractivity contribution in [3.8, 4) is 0 Å². The number of pyridine rings is 1. The van der Waals surface area contributed by atoms with E-state index in [0.717, 1.165) is 19.3 Å². The van der Waals surface area contributed by atoms with Gasteiger partial charge in [0.15, 0.2) is 0 Å². The molecule has 19 heavy (non-hydrogen) atoms. The Morgan fingerprint density at radius 1 is 1.53 bits per heavy atom. The van der Waals surface area contributed by atoms with E-state index in [2.05, 4.69) is 29.5 Å². The smallest absolute Gasteiger partial charge is 0.253 e. The highest BCUT2D eigenvalue weighted by atomic mass is 35.5. The van der Waals surface area contributed by atoms with Crippen LogP contribution < -0.4 is 10.6 Å². The summed E-state index contributed by atoms with van der Waals surface area (Å²) in [4.78, 5) is 16.4. The molecule has 0 radical (unpaired) electrons. The molecule has 1 fully saturated rings. The number of halogens is 1. The summed E-state index contributed by atoms with van der Waals surface area (Å²) in [6.45, 7) is 4.39. The lowest BCUT2D eigenvalue weighted by Crippen LogP contribution is -2.41. The predicted octanol–water partition coefficient (Wildman–Crippen LogP) is 3.09. The van der Waals surface area contributed by atoms with Crippen LogP contribution in [0, 0.1) is 5.41 Å². The number of rotatable bonds is 3. The molecule has 104 valence electrons. The molecule has 1 heterocycles. The lowest BCUT2D eigenvalue weighted by Gasteiger charge is -2.28. The van der Waals surface area contributed by atoms with Crippen molar-refractivity contribution >= 4 is 23.3 Å². The minimum Gasteiger partial charge on any atom is -0.373 e. The minimum atomic E-state index is -0.121. The lowest BCUT2D eigenvalue weighted by molar-refractivity contribution is 0.0910. The zero-order chi connectivity index (χ0) is 14.0. The summed E-state index contributed by atoms with van der Waals surface area (Å²) in [5.74, 6) is 0.518. The van der Waals surface area contributed by atoms with Crippen molar-refractivity contribution in [2.75, 3.05) is 12.4 Å². The number of nitrogens with zero attached hydrogens (tertiary/aromatic N) is 1. The molecule has 1 aromatic heterocycles. The Morgan fingerprint density at radius 2 is 2.26 bits per heavy atom. The van der Waals surface area contributed by atoms with E-state index in [0.29, 0.717) is 16.4 Å². The normalized spacial score (nSPS) is 21.2. The Hall–Kier alpha value is -1.29. The Balaban J connectivity index is 2.16. The summed E-state index contributed by atoms with van der Waals surface area (Å²) in [7, 11) is 1.76. The van der Waals surface area contributed by atoms with E-state index in [1.54, 1.807) is 13.1 Å². The van der Waals surface area contributed by atoms with Gasteiger partial charge in [0.05, 0.1) is 10.6 Å². The maximum Gasteiger partial charge on any atom is 0.253 e. The molecule has 0 bridgehead atoms. The topological polar surface area (TPSA) is 54.0 Å². The van der Waals surface area contributed by atoms with Gasteiger partial charge in [0.25, 0.3) is 5.91 Å². The Labute approximate surface area is 118 Å². The summed E-state index contributed by atoms with van der Waals surface area (Å²) >= 11 is 6.05. The number of hydrogen-bond donors (Lipinski definition) is 2. The maximum absolute atomic E-state index is 12.3. The second-order valence-corrected chi connectivity index (χ2v) is 6.11. The van der Waals surface area contributed by atoms with Gasteiger partial charge in [-0.1, -0.05) is 31.9 Å². The number of anilines is 1. The van der Waals surface area contributed by atoms with Crippen molar-refractivity contribution in [2.24, 2.45) is 5.41 Å². The van der Waals surface area contributed by atoms with E-state index >= 15 is 0 Å². The Bertz CT molecular complexity index is 488. The largest absolute Gasteiger partial charge is 0.373 e. The van der Waals surface area contributed by atoms with Crippen LogP contribution in [0.1, 0.15) is 43.5 Å². The minimum absolute atomic E-state index is 0.121. The molecule has 4 nitrogen and oxygen atoms in total. The van der Waals surface area contributed by atoms with E-state index in [-0.39, 0.29) is 17.4 Å². The monoisotopic (exact) mass is 281 g/mol. The second-order valence-electron chi connectivity index (χ2n) is 5.71. The molecule has 0 spiro atoms. The number of nitrogens with one attached hydrogen (secondary N) is 2. The average molecular weight is 282 g/mol. The zero-order valence-corrected chi connectivity index (χ0v) is 12.3. The van der Waals surface area contributed by atoms with Gasteiger partial charge in [-0.2, -0.15) is 0 Å². The summed E-state index contributed by atoms with van der Waals surface area (Å²) < 4.78 is 0. The zero-order valence-electron chi connectivity index (χ0n) is 11.6. The lowest BCUT2D eigenvalue weighted by atomic mass is 9.87. The molecule has 2 N–H and O–H groups in total. The van der Waals surface area contributed by atoms with Gasteiger partial charge in [0, 0.05) is 19.3 Å². The van der Waals surface area contributed by atoms with E-state index < -0.39 is 0 Å². The summed E-state index contributed by atoms with van der Waals surface area (Å²) in [5.41, 5.74) is 0.629. The highest BCUT2D eigenvalue weighted by Crippen LogP contribution is 2.37. The molecule has 2 rings (SSSR count). The molecule has 0 aromatic carbocycles. The van der Waals surface area contributed by atoms with Gasteiger partial charge in [-0.05, 0) is 24.3 Å². The van der Waals surface area contributed by atoms with Crippen LogP contribution in [-0.2, 0) is 0 Å². The van der Waals surface area contributed by atoms with Gasteiger partial charge in [0.1, 0.15) is 5.82 Å². The van der Waals surface area contributed by atoms with Gasteiger partial charge >= 0.3 is 0 Å². The van der Waals surface area contributed by atoms with Crippen LogP contribution in [0.25, 0.3) is 0 Å². The molecule has 1 aromatic rings. The maximum atomic E-state index is 12.3. The SMILES string of the molecule is CNc1cc(C(=O)NC2CCCC2(C)C)c(Cl)cn1. The van der Waals surface area contributed by atoms with Crippen molar-refractivity contribution in [2.45, 2.75) is 39.2 Å². The van der Waals surface area contributed by atoms with Gasteiger partial charge in [-0.15, -0.1) is 0 Å². The second kappa shape index (κ2) is 5.37. The van der Waals surface area contributed by atoms with Crippen molar-refractivity contribution in [1.29, 1.82) is 0 Å². The molecule has 1 aliphatic carbocycles. The molecule has 0 aliphatic heterocycles. The van der Waals surface area contributed by atoms with Crippen LogP contribution in [0.4, 0.5) is 5.82 Å². The molecule has 1 atom stereocenters. The van der Waals surface area contributed by atoms with E-state index in [9.17, 15) is 4.79 Å². The van der Waals surface area contributed by atoms with E-state index in [4.69, 9.17) is 11.6 Å². The fourth-order valence-corrected chi connectivity index (χ4v) is 2.77. The van der Waals surface area contributed by atoms with Crippen molar-refractivity contribution < 1.29 is 4.79 Å². The molecular weight excluding hydrogens is 262 g/mol. The molecule has 1 unspecified atom stereocenters. The van der Waals surface area contributed by atoms with Crippen LogP contribution in [0.15, 0.2) is 12.3 Å². The first kappa shape index (κ1) is 14.1. The standard InChI is InChI=1S/C14H20ClN3O/c1-14(2)6-4-5-11(14)18-13(19)9-7-12(16-3)17-8-10(9)15/h7-8,11H,4-6H2,1-3H3,(H,16,17)(H,18,19). The summed E-state index contributed by atoms with van der Waals surface area (Å²) in [6.07, 6.45) is 4.83. The van der Waals surface area contributed by atoms with Gasteiger partial charge < -0.3 is 10.6 Å². The molecule has 1 aliphatic rings.